The lowest BCUT2D eigenvalue weighted by Gasteiger charge is -2.10. The van der Waals surface area contributed by atoms with Gasteiger partial charge in [0.2, 0.25) is 5.89 Å². The fraction of sp³-hybridized carbons (Fsp3) is 0.300. The molecule has 0 aliphatic rings. The lowest BCUT2D eigenvalue weighted by atomic mass is 10.2. The molecule has 0 spiro atoms. The van der Waals surface area contributed by atoms with Crippen molar-refractivity contribution in [3.63, 3.8) is 0 Å². The van der Waals surface area contributed by atoms with E-state index in [1.54, 1.807) is 18.4 Å². The van der Waals surface area contributed by atoms with Crippen molar-refractivity contribution in [2.24, 2.45) is 4.99 Å². The van der Waals surface area contributed by atoms with Gasteiger partial charge in [-0.3, -0.25) is 0 Å². The van der Waals surface area contributed by atoms with Crippen LogP contribution in [0.25, 0.3) is 11.5 Å². The van der Waals surface area contributed by atoms with Gasteiger partial charge < -0.3 is 15.1 Å². The molecule has 0 saturated heterocycles. The zero-order valence-electron chi connectivity index (χ0n) is 17.1. The molecular formula is C20H25N5O3S2. The zero-order chi connectivity index (χ0) is 21.6. The van der Waals surface area contributed by atoms with E-state index in [4.69, 9.17) is 4.42 Å². The van der Waals surface area contributed by atoms with Crippen molar-refractivity contribution in [3.8, 4) is 11.5 Å². The molecule has 30 heavy (non-hydrogen) atoms. The van der Waals surface area contributed by atoms with E-state index in [1.165, 1.54) is 29.7 Å². The zero-order valence-corrected chi connectivity index (χ0v) is 18.8. The topological polar surface area (TPSA) is 99.8 Å². The third-order valence-electron chi connectivity index (χ3n) is 4.12. The van der Waals surface area contributed by atoms with Crippen molar-refractivity contribution in [2.45, 2.75) is 24.2 Å². The highest BCUT2D eigenvalue weighted by atomic mass is 32.2. The summed E-state index contributed by atoms with van der Waals surface area (Å²) in [5, 5.41) is 6.40. The predicted octanol–water partition coefficient (Wildman–Crippen LogP) is 2.91. The van der Waals surface area contributed by atoms with Gasteiger partial charge in [-0.05, 0) is 31.2 Å². The average Bonchev–Trinajstić information content (AvgIpc) is 3.41. The summed E-state index contributed by atoms with van der Waals surface area (Å²) in [5.41, 5.74) is 1.64. The van der Waals surface area contributed by atoms with Gasteiger partial charge in [0.25, 0.3) is 10.0 Å². The summed E-state index contributed by atoms with van der Waals surface area (Å²) in [6.07, 6.45) is 1.60. The number of hydrogen-bond acceptors (Lipinski definition) is 6. The van der Waals surface area contributed by atoms with Crippen LogP contribution in [-0.2, 0) is 23.1 Å². The van der Waals surface area contributed by atoms with Crippen LogP contribution < -0.4 is 10.6 Å². The van der Waals surface area contributed by atoms with Crippen LogP contribution in [0, 0.1) is 0 Å². The van der Waals surface area contributed by atoms with E-state index in [2.05, 4.69) is 20.6 Å². The maximum atomic E-state index is 12.2. The van der Waals surface area contributed by atoms with Crippen LogP contribution in [0.15, 0.2) is 62.3 Å². The molecule has 0 bridgehead atoms. The first-order chi connectivity index (χ1) is 14.4. The molecule has 0 aliphatic heterocycles. The number of guanidine groups is 1. The minimum absolute atomic E-state index is 0.322. The molecule has 8 nitrogen and oxygen atoms in total. The summed E-state index contributed by atoms with van der Waals surface area (Å²) in [7, 11) is -0.365. The highest BCUT2D eigenvalue weighted by Crippen LogP contribution is 2.23. The number of rotatable bonds is 8. The number of sulfonamides is 1. The largest absolute Gasteiger partial charge is 0.444 e. The number of nitrogens with one attached hydrogen (secondary N) is 2. The molecular weight excluding hydrogens is 422 g/mol. The Bertz CT molecular complexity index is 1090. The highest BCUT2D eigenvalue weighted by Gasteiger charge is 2.19. The van der Waals surface area contributed by atoms with Gasteiger partial charge in [0.05, 0.1) is 13.1 Å². The van der Waals surface area contributed by atoms with Gasteiger partial charge in [-0.15, -0.1) is 11.3 Å². The molecule has 3 rings (SSSR count). The maximum absolute atomic E-state index is 12.2. The Balaban J connectivity index is 1.63. The van der Waals surface area contributed by atoms with E-state index in [9.17, 15) is 8.42 Å². The Kier molecular flexibility index (Phi) is 7.24. The van der Waals surface area contributed by atoms with Gasteiger partial charge in [0, 0.05) is 31.1 Å². The van der Waals surface area contributed by atoms with Crippen LogP contribution >= 0.6 is 11.3 Å². The first kappa shape index (κ1) is 22.0. The summed E-state index contributed by atoms with van der Waals surface area (Å²) < 4.78 is 31.5. The maximum Gasteiger partial charge on any atom is 0.252 e. The lowest BCUT2D eigenvalue weighted by Crippen LogP contribution is -2.36. The molecule has 0 atom stereocenters. The van der Waals surface area contributed by atoms with Gasteiger partial charge in [0.15, 0.2) is 5.96 Å². The summed E-state index contributed by atoms with van der Waals surface area (Å²) in [4.78, 5) is 9.92. The quantitative estimate of drug-likeness (QED) is 0.407. The third kappa shape index (κ3) is 5.47. The smallest absolute Gasteiger partial charge is 0.252 e. The monoisotopic (exact) mass is 447 g/mol. The van der Waals surface area contributed by atoms with Crippen LogP contribution in [0.1, 0.15) is 17.5 Å². The van der Waals surface area contributed by atoms with Crippen molar-refractivity contribution < 1.29 is 12.8 Å². The normalized spacial score (nSPS) is 12.3. The number of oxazole rings is 1. The van der Waals surface area contributed by atoms with Gasteiger partial charge in [0.1, 0.15) is 16.2 Å². The molecule has 1 aromatic carbocycles. The van der Waals surface area contributed by atoms with Crippen LogP contribution in [0.2, 0.25) is 0 Å². The van der Waals surface area contributed by atoms with Crippen molar-refractivity contribution in [2.75, 3.05) is 20.6 Å². The summed E-state index contributed by atoms with van der Waals surface area (Å²) in [6.45, 7) is 3.50. The third-order valence-corrected chi connectivity index (χ3v) is 7.49. The lowest BCUT2D eigenvalue weighted by molar-refractivity contribution is 0.523. The van der Waals surface area contributed by atoms with E-state index in [0.717, 1.165) is 16.1 Å². The van der Waals surface area contributed by atoms with E-state index in [1.807, 2.05) is 37.3 Å². The molecule has 0 radical (unpaired) electrons. The van der Waals surface area contributed by atoms with Crippen molar-refractivity contribution in [1.82, 2.24) is 19.9 Å². The molecule has 0 saturated carbocycles. The molecule has 160 valence electrons. The van der Waals surface area contributed by atoms with Gasteiger partial charge >= 0.3 is 0 Å². The second-order valence-electron chi connectivity index (χ2n) is 6.57. The summed E-state index contributed by atoms with van der Waals surface area (Å²) >= 11 is 1.24. The molecule has 2 N–H and O–H groups in total. The Hall–Kier alpha value is -2.69. The predicted molar refractivity (Wildman–Crippen MR) is 119 cm³/mol. The Morgan fingerprint density at radius 3 is 2.63 bits per heavy atom. The second-order valence-corrected chi connectivity index (χ2v) is 10.1. The molecule has 3 aromatic rings. The Morgan fingerprint density at radius 1 is 1.17 bits per heavy atom. The van der Waals surface area contributed by atoms with Gasteiger partial charge in [-0.25, -0.2) is 22.7 Å². The number of hydrogen-bond donors (Lipinski definition) is 2. The first-order valence-corrected chi connectivity index (χ1v) is 11.7. The number of benzene rings is 1. The van der Waals surface area contributed by atoms with E-state index in [0.29, 0.717) is 35.7 Å². The second kappa shape index (κ2) is 9.88. The minimum atomic E-state index is -3.41. The van der Waals surface area contributed by atoms with E-state index < -0.39 is 10.0 Å². The number of aromatic nitrogens is 1. The number of thiophene rings is 1. The van der Waals surface area contributed by atoms with Gasteiger partial charge in [-0.1, -0.05) is 18.2 Å². The number of nitrogens with zero attached hydrogens (tertiary/aromatic N) is 3. The fourth-order valence-corrected chi connectivity index (χ4v) is 5.00. The standard InChI is InChI=1S/C20H25N5O3S2/c1-4-21-20(23-13-17-10-11-18(29-17)30(26,27)25(2)3)22-12-16-14-28-19(24-16)15-8-6-5-7-9-15/h5-11,14H,4,12-13H2,1-3H3,(H2,21,22,23). The molecule has 0 unspecified atom stereocenters. The van der Waals surface area contributed by atoms with Gasteiger partial charge in [-0.2, -0.15) is 0 Å². The van der Waals surface area contributed by atoms with E-state index in [-0.39, 0.29) is 0 Å². The summed E-state index contributed by atoms with van der Waals surface area (Å²) in [5.74, 6) is 1.18. The Labute approximate surface area is 180 Å². The highest BCUT2D eigenvalue weighted by molar-refractivity contribution is 7.91. The van der Waals surface area contributed by atoms with E-state index >= 15 is 0 Å². The minimum Gasteiger partial charge on any atom is -0.444 e. The van der Waals surface area contributed by atoms with Crippen LogP contribution in [0.3, 0.4) is 0 Å². The SMILES string of the molecule is CCNC(=NCc1coc(-c2ccccc2)n1)NCc1ccc(S(=O)(=O)N(C)C)s1. The molecule has 0 fully saturated rings. The molecule has 2 heterocycles. The molecule has 2 aromatic heterocycles. The van der Waals surface area contributed by atoms with Crippen molar-refractivity contribution in [1.29, 1.82) is 0 Å². The van der Waals surface area contributed by atoms with Crippen molar-refractivity contribution in [3.05, 3.63) is 59.3 Å². The molecule has 10 heteroatoms. The fourth-order valence-electron chi connectivity index (χ4n) is 2.54. The first-order valence-electron chi connectivity index (χ1n) is 9.43. The Morgan fingerprint density at radius 2 is 1.93 bits per heavy atom. The van der Waals surface area contributed by atoms with Crippen LogP contribution in [-0.4, -0.2) is 44.3 Å². The van der Waals surface area contributed by atoms with Crippen LogP contribution in [0.5, 0.6) is 0 Å². The van der Waals surface area contributed by atoms with Crippen molar-refractivity contribution >= 4 is 27.3 Å². The number of aliphatic imine (C=N–C) groups is 1. The summed E-state index contributed by atoms with van der Waals surface area (Å²) in [6, 6.07) is 13.1. The average molecular weight is 448 g/mol. The van der Waals surface area contributed by atoms with Crippen LogP contribution in [0.4, 0.5) is 0 Å². The molecule has 0 aliphatic carbocycles. The molecule has 0 amide bonds.